The number of aromatic nitrogens is 2. The molecular formula is C19H20N2OS2. The number of nitrogens with one attached hydrogen (secondary N) is 1. The van der Waals surface area contributed by atoms with Crippen LogP contribution in [-0.4, -0.2) is 9.55 Å². The fourth-order valence-electron chi connectivity index (χ4n) is 3.52. The smallest absolute Gasteiger partial charge is 0.263 e. The van der Waals surface area contributed by atoms with Gasteiger partial charge in [-0.2, -0.15) is 0 Å². The van der Waals surface area contributed by atoms with Gasteiger partial charge in [-0.05, 0) is 55.8 Å². The second-order valence-corrected chi connectivity index (χ2v) is 7.89. The Labute approximate surface area is 150 Å². The maximum absolute atomic E-state index is 13.0. The number of aryl methyl sites for hydroxylation is 2. The first-order chi connectivity index (χ1) is 11.7. The van der Waals surface area contributed by atoms with Crippen LogP contribution in [0.25, 0.3) is 10.2 Å². The largest absolute Gasteiger partial charge is 0.323 e. The predicted octanol–water partition coefficient (Wildman–Crippen LogP) is 4.69. The molecule has 0 aromatic carbocycles. The normalized spacial score (nSPS) is 20.1. The molecule has 0 aliphatic heterocycles. The van der Waals surface area contributed by atoms with Crippen molar-refractivity contribution in [1.29, 1.82) is 0 Å². The molecule has 2 aromatic rings. The van der Waals surface area contributed by atoms with E-state index in [0.717, 1.165) is 29.5 Å². The molecule has 5 heteroatoms. The van der Waals surface area contributed by atoms with Crippen LogP contribution >= 0.6 is 23.6 Å². The Balaban J connectivity index is 1.69. The lowest BCUT2D eigenvalue weighted by Gasteiger charge is -2.10. The molecule has 0 saturated heterocycles. The summed E-state index contributed by atoms with van der Waals surface area (Å²) in [5.74, 6) is 0.417. The summed E-state index contributed by atoms with van der Waals surface area (Å²) < 4.78 is 2.22. The van der Waals surface area contributed by atoms with Crippen molar-refractivity contribution in [3.05, 3.63) is 62.0 Å². The second kappa shape index (κ2) is 6.65. The van der Waals surface area contributed by atoms with Gasteiger partial charge < -0.3 is 4.98 Å². The summed E-state index contributed by atoms with van der Waals surface area (Å²) in [6, 6.07) is 0. The number of nitrogens with zero attached hydrogens (tertiary/aromatic N) is 1. The van der Waals surface area contributed by atoms with Crippen LogP contribution in [0, 0.1) is 10.7 Å². The van der Waals surface area contributed by atoms with Gasteiger partial charge in [-0.3, -0.25) is 9.36 Å². The molecule has 2 aliphatic rings. The molecule has 0 fully saturated rings. The second-order valence-electron chi connectivity index (χ2n) is 6.40. The van der Waals surface area contributed by atoms with Crippen LogP contribution in [0.1, 0.15) is 29.7 Å². The quantitative estimate of drug-likeness (QED) is 0.640. The summed E-state index contributed by atoms with van der Waals surface area (Å²) in [4.78, 5) is 18.6. The Bertz CT molecular complexity index is 972. The minimum atomic E-state index is 0.0666. The highest BCUT2D eigenvalue weighted by Crippen LogP contribution is 2.33. The number of H-pyrrole nitrogens is 1. The molecule has 0 saturated carbocycles. The van der Waals surface area contributed by atoms with Gasteiger partial charge in [0.1, 0.15) is 4.83 Å². The lowest BCUT2D eigenvalue weighted by atomic mass is 9.97. The average Bonchev–Trinajstić information content (AvgIpc) is 2.97. The molecule has 2 aromatic heterocycles. The monoisotopic (exact) mass is 356 g/mol. The number of hydrogen-bond donors (Lipinski definition) is 1. The maximum atomic E-state index is 13.0. The van der Waals surface area contributed by atoms with Gasteiger partial charge in [-0.1, -0.05) is 36.5 Å². The number of allylic oxidation sites excluding steroid dienone is 6. The number of aromatic amines is 1. The summed E-state index contributed by atoms with van der Waals surface area (Å²) >= 11 is 7.15. The van der Waals surface area contributed by atoms with E-state index in [0.29, 0.717) is 17.2 Å². The zero-order valence-corrected chi connectivity index (χ0v) is 15.1. The van der Waals surface area contributed by atoms with Crippen molar-refractivity contribution in [2.45, 2.75) is 38.6 Å². The van der Waals surface area contributed by atoms with E-state index in [1.165, 1.54) is 23.3 Å². The van der Waals surface area contributed by atoms with Gasteiger partial charge in [0.2, 0.25) is 0 Å². The lowest BCUT2D eigenvalue weighted by Crippen LogP contribution is -2.22. The summed E-state index contributed by atoms with van der Waals surface area (Å²) in [5.41, 5.74) is 1.33. The van der Waals surface area contributed by atoms with Gasteiger partial charge in [0, 0.05) is 11.4 Å². The topological polar surface area (TPSA) is 37.8 Å². The standard InChI is InChI=1S/C19H20N2OS2/c22-18-16-14-10-4-5-11-15(14)24-17(16)20-19(23)21(18)12-6-9-13-7-2-1-3-8-13/h1-3,6-7,9,13H,4-5,8,10-12H2,(H,20,23)/t13-/m0/s1. The maximum Gasteiger partial charge on any atom is 0.263 e. The van der Waals surface area contributed by atoms with E-state index in [-0.39, 0.29) is 5.56 Å². The number of hydrogen-bond acceptors (Lipinski definition) is 3. The van der Waals surface area contributed by atoms with Gasteiger partial charge >= 0.3 is 0 Å². The predicted molar refractivity (Wildman–Crippen MR) is 103 cm³/mol. The fourth-order valence-corrected chi connectivity index (χ4v) is 5.13. The zero-order valence-electron chi connectivity index (χ0n) is 13.5. The first kappa shape index (κ1) is 15.8. The first-order valence-electron chi connectivity index (χ1n) is 8.51. The molecule has 0 spiro atoms. The zero-order chi connectivity index (χ0) is 16.5. The van der Waals surface area contributed by atoms with Crippen molar-refractivity contribution in [3.8, 4) is 0 Å². The van der Waals surface area contributed by atoms with Gasteiger partial charge in [-0.15, -0.1) is 11.3 Å². The van der Waals surface area contributed by atoms with E-state index in [1.807, 2.05) is 0 Å². The Morgan fingerprint density at radius 2 is 2.21 bits per heavy atom. The van der Waals surface area contributed by atoms with E-state index in [9.17, 15) is 4.79 Å². The van der Waals surface area contributed by atoms with Crippen molar-refractivity contribution in [2.24, 2.45) is 5.92 Å². The number of fused-ring (bicyclic) bond motifs is 3. The van der Waals surface area contributed by atoms with Gasteiger partial charge in [0.15, 0.2) is 4.77 Å². The molecule has 0 bridgehead atoms. The first-order valence-corrected chi connectivity index (χ1v) is 9.74. The highest BCUT2D eigenvalue weighted by atomic mass is 32.1. The molecule has 2 heterocycles. The molecular weight excluding hydrogens is 336 g/mol. The highest BCUT2D eigenvalue weighted by molar-refractivity contribution is 7.71. The third-order valence-corrected chi connectivity index (χ3v) is 6.31. The van der Waals surface area contributed by atoms with E-state index in [4.69, 9.17) is 12.2 Å². The summed E-state index contributed by atoms with van der Waals surface area (Å²) in [6.45, 7) is 0.531. The molecule has 24 heavy (non-hydrogen) atoms. The molecule has 4 rings (SSSR count). The molecule has 1 atom stereocenters. The van der Waals surface area contributed by atoms with E-state index < -0.39 is 0 Å². The Morgan fingerprint density at radius 1 is 1.33 bits per heavy atom. The Hall–Kier alpha value is -1.72. The van der Waals surface area contributed by atoms with E-state index in [2.05, 4.69) is 41.4 Å². The summed E-state index contributed by atoms with van der Waals surface area (Å²) in [6.07, 6.45) is 18.2. The third-order valence-electron chi connectivity index (χ3n) is 4.78. The van der Waals surface area contributed by atoms with Crippen molar-refractivity contribution in [3.63, 3.8) is 0 Å². The van der Waals surface area contributed by atoms with Crippen LogP contribution in [0.15, 0.2) is 41.3 Å². The van der Waals surface area contributed by atoms with Crippen LogP contribution in [0.2, 0.25) is 0 Å². The molecule has 0 unspecified atom stereocenters. The molecule has 1 N–H and O–H groups in total. The average molecular weight is 357 g/mol. The van der Waals surface area contributed by atoms with Crippen LogP contribution < -0.4 is 5.56 Å². The summed E-state index contributed by atoms with van der Waals surface area (Å²) in [7, 11) is 0. The van der Waals surface area contributed by atoms with Gasteiger partial charge in [0.05, 0.1) is 5.39 Å². The van der Waals surface area contributed by atoms with Crippen LogP contribution in [0.3, 0.4) is 0 Å². The molecule has 3 nitrogen and oxygen atoms in total. The van der Waals surface area contributed by atoms with Crippen molar-refractivity contribution in [2.75, 3.05) is 0 Å². The lowest BCUT2D eigenvalue weighted by molar-refractivity contribution is 0.697. The van der Waals surface area contributed by atoms with Crippen molar-refractivity contribution >= 4 is 33.8 Å². The van der Waals surface area contributed by atoms with Crippen LogP contribution in [0.4, 0.5) is 0 Å². The minimum Gasteiger partial charge on any atom is -0.323 e. The number of thiophene rings is 1. The Kier molecular flexibility index (Phi) is 4.37. The molecule has 0 radical (unpaired) electrons. The highest BCUT2D eigenvalue weighted by Gasteiger charge is 2.19. The van der Waals surface area contributed by atoms with Gasteiger partial charge in [0.25, 0.3) is 5.56 Å². The molecule has 2 aliphatic carbocycles. The van der Waals surface area contributed by atoms with Crippen molar-refractivity contribution < 1.29 is 0 Å². The Morgan fingerprint density at radius 3 is 3.04 bits per heavy atom. The molecule has 0 amide bonds. The van der Waals surface area contributed by atoms with Crippen LogP contribution in [0.5, 0.6) is 0 Å². The fraction of sp³-hybridized carbons (Fsp3) is 0.368. The summed E-state index contributed by atoms with van der Waals surface area (Å²) in [5, 5.41) is 0.872. The molecule has 124 valence electrons. The SMILES string of the molecule is O=c1c2c3c(sc2[nH]c(=S)n1CC=C[C@H]1C=CC=CC1)CCCC3. The van der Waals surface area contributed by atoms with Crippen molar-refractivity contribution in [1.82, 2.24) is 9.55 Å². The number of rotatable bonds is 3. The van der Waals surface area contributed by atoms with E-state index in [1.54, 1.807) is 15.9 Å². The van der Waals surface area contributed by atoms with Crippen LogP contribution in [-0.2, 0) is 19.4 Å². The third kappa shape index (κ3) is 2.87. The minimum absolute atomic E-state index is 0.0666. The van der Waals surface area contributed by atoms with E-state index >= 15 is 0 Å². The van der Waals surface area contributed by atoms with Gasteiger partial charge in [-0.25, -0.2) is 0 Å².